The van der Waals surface area contributed by atoms with Crippen molar-refractivity contribution in [3.63, 3.8) is 0 Å². The molecule has 0 fully saturated rings. The van der Waals surface area contributed by atoms with Crippen LogP contribution in [-0.2, 0) is 6.61 Å². The van der Waals surface area contributed by atoms with Crippen LogP contribution in [0.3, 0.4) is 0 Å². The minimum atomic E-state index is -0.851. The molecule has 5 aromatic rings. The number of rotatable bonds is 11. The lowest BCUT2D eigenvalue weighted by Crippen LogP contribution is -2.21. The van der Waals surface area contributed by atoms with Crippen molar-refractivity contribution < 1.29 is 19.0 Å². The highest BCUT2D eigenvalue weighted by Crippen LogP contribution is 2.24. The number of hydrogen-bond acceptors (Lipinski definition) is 9. The summed E-state index contributed by atoms with van der Waals surface area (Å²) in [5.41, 5.74) is 1.99. The number of aromatic nitrogens is 3. The van der Waals surface area contributed by atoms with Gasteiger partial charge in [0.15, 0.2) is 5.82 Å². The summed E-state index contributed by atoms with van der Waals surface area (Å²) in [7, 11) is 0. The lowest BCUT2D eigenvalue weighted by molar-refractivity contribution is 0.127. The molecule has 3 aromatic carbocycles. The largest absolute Gasteiger partial charge is 0.490 e. The van der Waals surface area contributed by atoms with Gasteiger partial charge >= 0.3 is 5.63 Å². The first-order chi connectivity index (χ1) is 19.0. The van der Waals surface area contributed by atoms with Crippen molar-refractivity contribution in [2.75, 3.05) is 12.4 Å². The Hall–Kier alpha value is -4.41. The summed E-state index contributed by atoms with van der Waals surface area (Å²) in [6.07, 6.45) is 0.876. The molecular weight excluding hydrogens is 516 g/mol. The van der Waals surface area contributed by atoms with Crippen LogP contribution in [0.4, 0.5) is 0 Å². The van der Waals surface area contributed by atoms with E-state index in [1.54, 1.807) is 29.1 Å². The van der Waals surface area contributed by atoms with E-state index in [0.717, 1.165) is 11.1 Å². The topological polar surface area (TPSA) is 112 Å². The fourth-order valence-electron chi connectivity index (χ4n) is 3.64. The Morgan fingerprint density at radius 2 is 1.79 bits per heavy atom. The predicted octanol–water partition coefficient (Wildman–Crippen LogP) is 4.69. The summed E-state index contributed by atoms with van der Waals surface area (Å²) < 4.78 is 18.4. The zero-order valence-corrected chi connectivity index (χ0v) is 22.0. The van der Waals surface area contributed by atoms with Crippen LogP contribution in [0.25, 0.3) is 11.0 Å². The minimum absolute atomic E-state index is 0.0226. The molecule has 0 spiro atoms. The van der Waals surface area contributed by atoms with Gasteiger partial charge in [-0.3, -0.25) is 0 Å². The Morgan fingerprint density at radius 3 is 2.62 bits per heavy atom. The molecule has 9 nitrogen and oxygen atoms in total. The summed E-state index contributed by atoms with van der Waals surface area (Å²) in [6, 6.07) is 25.8. The number of hydrogen-bond donors (Lipinski definition) is 1. The highest BCUT2D eigenvalue weighted by atomic mass is 32.2. The van der Waals surface area contributed by atoms with Crippen molar-refractivity contribution in [2.24, 2.45) is 5.10 Å². The zero-order chi connectivity index (χ0) is 27.0. The van der Waals surface area contributed by atoms with Gasteiger partial charge in [0, 0.05) is 5.75 Å². The zero-order valence-electron chi connectivity index (χ0n) is 21.1. The average Bonchev–Trinajstić information content (AvgIpc) is 3.35. The van der Waals surface area contributed by atoms with E-state index in [9.17, 15) is 9.90 Å². The van der Waals surface area contributed by atoms with E-state index in [1.807, 2.05) is 67.6 Å². The number of thioether (sulfide) groups is 1. The third-order valence-corrected chi connectivity index (χ3v) is 6.70. The second kappa shape index (κ2) is 12.4. The van der Waals surface area contributed by atoms with Gasteiger partial charge in [-0.1, -0.05) is 71.9 Å². The highest BCUT2D eigenvalue weighted by Gasteiger charge is 2.16. The van der Waals surface area contributed by atoms with Gasteiger partial charge in [-0.15, -0.1) is 10.2 Å². The molecule has 1 unspecified atom stereocenters. The lowest BCUT2D eigenvalue weighted by atomic mass is 10.2. The van der Waals surface area contributed by atoms with Gasteiger partial charge in [0.05, 0.1) is 23.8 Å². The molecule has 1 atom stereocenters. The molecule has 1 N–H and O–H groups in total. The van der Waals surface area contributed by atoms with Crippen LogP contribution in [0.15, 0.2) is 104 Å². The normalized spacial score (nSPS) is 12.2. The third-order valence-electron chi connectivity index (χ3n) is 5.64. The SMILES string of the molecule is Cc1ccc(/C=N/n2c(COc3ccccc3)nnc2SCC(O)COc2cc(=O)oc3ccccc23)cc1. The van der Waals surface area contributed by atoms with Crippen LogP contribution in [0.2, 0.25) is 0 Å². The summed E-state index contributed by atoms with van der Waals surface area (Å²) in [5, 5.41) is 24.9. The second-order valence-corrected chi connectivity index (χ2v) is 9.66. The van der Waals surface area contributed by atoms with E-state index in [-0.39, 0.29) is 19.0 Å². The maximum absolute atomic E-state index is 11.9. The Bertz CT molecular complexity index is 1620. The number of ether oxygens (including phenoxy) is 2. The van der Waals surface area contributed by atoms with E-state index in [4.69, 9.17) is 13.9 Å². The minimum Gasteiger partial charge on any atom is -0.490 e. The molecule has 5 rings (SSSR count). The molecule has 0 amide bonds. The van der Waals surface area contributed by atoms with Crippen LogP contribution in [-0.4, -0.2) is 44.7 Å². The number of para-hydroxylation sites is 2. The molecule has 0 aliphatic heterocycles. The number of aryl methyl sites for hydroxylation is 1. The lowest BCUT2D eigenvalue weighted by Gasteiger charge is -2.13. The molecule has 39 heavy (non-hydrogen) atoms. The van der Waals surface area contributed by atoms with Gasteiger partial charge in [-0.25, -0.2) is 4.79 Å². The maximum atomic E-state index is 11.9. The van der Waals surface area contributed by atoms with Gasteiger partial charge in [-0.2, -0.15) is 9.78 Å². The summed E-state index contributed by atoms with van der Waals surface area (Å²) in [6.45, 7) is 2.17. The van der Waals surface area contributed by atoms with E-state index >= 15 is 0 Å². The average molecular weight is 543 g/mol. The number of benzene rings is 3. The van der Waals surface area contributed by atoms with Gasteiger partial charge < -0.3 is 19.0 Å². The Balaban J connectivity index is 1.28. The van der Waals surface area contributed by atoms with Gasteiger partial charge in [-0.05, 0) is 36.8 Å². The fourth-order valence-corrected chi connectivity index (χ4v) is 4.45. The van der Waals surface area contributed by atoms with E-state index < -0.39 is 11.7 Å². The summed E-state index contributed by atoms with van der Waals surface area (Å²) >= 11 is 1.29. The van der Waals surface area contributed by atoms with E-state index in [2.05, 4.69) is 15.3 Å². The van der Waals surface area contributed by atoms with Gasteiger partial charge in [0.25, 0.3) is 0 Å². The third kappa shape index (κ3) is 6.92. The molecule has 0 saturated carbocycles. The van der Waals surface area contributed by atoms with Crippen molar-refractivity contribution in [1.29, 1.82) is 0 Å². The van der Waals surface area contributed by atoms with Crippen LogP contribution >= 0.6 is 11.8 Å². The van der Waals surface area contributed by atoms with Crippen molar-refractivity contribution in [1.82, 2.24) is 14.9 Å². The van der Waals surface area contributed by atoms with Crippen LogP contribution in [0.5, 0.6) is 11.5 Å². The number of aliphatic hydroxyl groups is 1. The first-order valence-electron chi connectivity index (χ1n) is 12.2. The van der Waals surface area contributed by atoms with Crippen molar-refractivity contribution in [3.05, 3.63) is 112 Å². The van der Waals surface area contributed by atoms with E-state index in [0.29, 0.717) is 33.4 Å². The first kappa shape index (κ1) is 26.2. The number of aliphatic hydroxyl groups excluding tert-OH is 1. The van der Waals surface area contributed by atoms with Gasteiger partial charge in [0.2, 0.25) is 5.16 Å². The molecule has 0 saturated heterocycles. The second-order valence-electron chi connectivity index (χ2n) is 8.67. The maximum Gasteiger partial charge on any atom is 0.339 e. The smallest absolute Gasteiger partial charge is 0.339 e. The van der Waals surface area contributed by atoms with Gasteiger partial charge in [0.1, 0.15) is 30.3 Å². The molecule has 0 bridgehead atoms. The number of fused-ring (bicyclic) bond motifs is 1. The summed E-state index contributed by atoms with van der Waals surface area (Å²) in [5.74, 6) is 1.84. The monoisotopic (exact) mass is 542 g/mol. The number of nitrogens with zero attached hydrogens (tertiary/aromatic N) is 4. The summed E-state index contributed by atoms with van der Waals surface area (Å²) in [4.78, 5) is 11.9. The molecule has 0 aliphatic carbocycles. The Morgan fingerprint density at radius 1 is 1.03 bits per heavy atom. The molecule has 10 heteroatoms. The predicted molar refractivity (Wildman–Crippen MR) is 150 cm³/mol. The van der Waals surface area contributed by atoms with E-state index in [1.165, 1.54) is 17.8 Å². The Labute approximate surface area is 228 Å². The van der Waals surface area contributed by atoms with Crippen LogP contribution in [0.1, 0.15) is 17.0 Å². The fraction of sp³-hybridized carbons (Fsp3) is 0.172. The quantitative estimate of drug-likeness (QED) is 0.145. The molecule has 0 radical (unpaired) electrons. The van der Waals surface area contributed by atoms with Crippen molar-refractivity contribution in [2.45, 2.75) is 24.8 Å². The molecule has 198 valence electrons. The Kier molecular flexibility index (Phi) is 8.35. The standard InChI is InChI=1S/C29H26N4O5S/c1-20-11-13-21(14-12-20)16-30-33-27(18-36-23-7-3-2-4-8-23)31-32-29(33)39-19-22(34)17-37-26-15-28(35)38-25-10-6-5-9-24(25)26/h2-16,22,34H,17-19H2,1H3/b30-16+. The van der Waals surface area contributed by atoms with Crippen molar-refractivity contribution in [3.8, 4) is 11.5 Å². The van der Waals surface area contributed by atoms with Crippen molar-refractivity contribution >= 4 is 28.9 Å². The van der Waals surface area contributed by atoms with Crippen LogP contribution in [0, 0.1) is 6.92 Å². The first-order valence-corrected chi connectivity index (χ1v) is 13.2. The molecule has 0 aliphatic rings. The molecular formula is C29H26N4O5S. The molecule has 2 heterocycles. The highest BCUT2D eigenvalue weighted by molar-refractivity contribution is 7.99. The molecule has 2 aromatic heterocycles. The van der Waals surface area contributed by atoms with Crippen LogP contribution < -0.4 is 15.1 Å².